The SMILES string of the molecule is COC(=O)OC(C)O/N=[N+](\[O-])N1CC[C@H]1C(=O)O. The zero-order chi connectivity index (χ0) is 13.7. The van der Waals surface area contributed by atoms with E-state index in [2.05, 4.69) is 19.6 Å². The molecular weight excluding hydrogens is 250 g/mol. The maximum absolute atomic E-state index is 11.3. The van der Waals surface area contributed by atoms with Crippen molar-refractivity contribution in [3.8, 4) is 0 Å². The number of hydrogen-bond acceptors (Lipinski definition) is 7. The average Bonchev–Trinajstić information content (AvgIpc) is 2.23. The predicted molar refractivity (Wildman–Crippen MR) is 52.8 cm³/mol. The molecule has 0 radical (unpaired) electrons. The van der Waals surface area contributed by atoms with E-state index >= 15 is 0 Å². The lowest BCUT2D eigenvalue weighted by Gasteiger charge is -2.32. The third kappa shape index (κ3) is 3.37. The highest BCUT2D eigenvalue weighted by molar-refractivity contribution is 5.74. The predicted octanol–water partition coefficient (Wildman–Crippen LogP) is 0.0834. The molecule has 0 spiro atoms. The van der Waals surface area contributed by atoms with E-state index in [0.717, 1.165) is 12.1 Å². The number of carbonyl (C=O) groups excluding carboxylic acids is 1. The van der Waals surface area contributed by atoms with Crippen LogP contribution >= 0.6 is 0 Å². The second-order valence-corrected chi connectivity index (χ2v) is 3.39. The minimum Gasteiger partial charge on any atom is -0.569 e. The maximum atomic E-state index is 11.3. The lowest BCUT2D eigenvalue weighted by molar-refractivity contribution is -0.730. The summed E-state index contributed by atoms with van der Waals surface area (Å²) >= 11 is 0. The smallest absolute Gasteiger partial charge is 0.511 e. The summed E-state index contributed by atoms with van der Waals surface area (Å²) in [6.45, 7) is 1.58. The van der Waals surface area contributed by atoms with Crippen LogP contribution < -0.4 is 0 Å². The molecule has 10 heteroatoms. The van der Waals surface area contributed by atoms with Crippen LogP contribution in [0.2, 0.25) is 0 Å². The Morgan fingerprint density at radius 1 is 1.61 bits per heavy atom. The molecule has 1 N–H and O–H groups in total. The Kier molecular flexibility index (Phi) is 4.52. The first-order valence-electron chi connectivity index (χ1n) is 5.03. The molecule has 18 heavy (non-hydrogen) atoms. The monoisotopic (exact) mass is 263 g/mol. The van der Waals surface area contributed by atoms with E-state index in [1.165, 1.54) is 6.92 Å². The van der Waals surface area contributed by atoms with E-state index in [9.17, 15) is 14.8 Å². The van der Waals surface area contributed by atoms with Gasteiger partial charge in [-0.15, -0.1) is 5.01 Å². The number of nitrogens with zero attached hydrogens (tertiary/aromatic N) is 3. The molecule has 0 aromatic rings. The van der Waals surface area contributed by atoms with E-state index in [4.69, 9.17) is 5.11 Å². The molecule has 1 aliphatic rings. The van der Waals surface area contributed by atoms with Gasteiger partial charge in [0, 0.05) is 13.3 Å². The summed E-state index contributed by atoms with van der Waals surface area (Å²) in [5, 5.41) is 24.0. The third-order valence-electron chi connectivity index (χ3n) is 2.19. The van der Waals surface area contributed by atoms with E-state index < -0.39 is 24.5 Å². The first-order valence-corrected chi connectivity index (χ1v) is 5.03. The minimum atomic E-state index is -1.13. The summed E-state index contributed by atoms with van der Waals surface area (Å²) < 4.78 is 8.67. The molecule has 1 unspecified atom stereocenters. The number of methoxy groups -OCH3 is 1. The first-order chi connectivity index (χ1) is 8.45. The van der Waals surface area contributed by atoms with Gasteiger partial charge < -0.3 is 19.8 Å². The molecule has 1 rings (SSSR count). The molecule has 0 aromatic heterocycles. The summed E-state index contributed by atoms with van der Waals surface area (Å²) in [5.74, 6) is -1.11. The summed E-state index contributed by atoms with van der Waals surface area (Å²) in [7, 11) is 1.11. The molecule has 1 saturated heterocycles. The van der Waals surface area contributed by atoms with Crippen molar-refractivity contribution in [2.45, 2.75) is 25.7 Å². The van der Waals surface area contributed by atoms with Crippen LogP contribution in [0.5, 0.6) is 0 Å². The van der Waals surface area contributed by atoms with Crippen LogP contribution in [-0.2, 0) is 19.1 Å². The van der Waals surface area contributed by atoms with Crippen molar-refractivity contribution in [2.75, 3.05) is 13.7 Å². The highest BCUT2D eigenvalue weighted by Crippen LogP contribution is 2.17. The highest BCUT2D eigenvalue weighted by atomic mass is 16.8. The number of carboxylic acid groups (broad SMARTS) is 1. The van der Waals surface area contributed by atoms with Gasteiger partial charge >= 0.3 is 12.1 Å². The van der Waals surface area contributed by atoms with Crippen molar-refractivity contribution < 1.29 is 34.0 Å². The highest BCUT2D eigenvalue weighted by Gasteiger charge is 2.41. The van der Waals surface area contributed by atoms with Gasteiger partial charge in [0.25, 0.3) is 6.29 Å². The van der Waals surface area contributed by atoms with Gasteiger partial charge in [-0.05, 0) is 0 Å². The second-order valence-electron chi connectivity index (χ2n) is 3.39. The normalized spacial score (nSPS) is 20.7. The van der Waals surface area contributed by atoms with Crippen LogP contribution in [-0.4, -0.2) is 53.2 Å². The lowest BCUT2D eigenvalue weighted by Crippen LogP contribution is -2.55. The number of hydrogen-bond donors (Lipinski definition) is 1. The molecule has 1 fully saturated rings. The fourth-order valence-electron chi connectivity index (χ4n) is 1.19. The van der Waals surface area contributed by atoms with Crippen LogP contribution in [0, 0.1) is 5.21 Å². The Morgan fingerprint density at radius 3 is 2.72 bits per heavy atom. The number of aliphatic carboxylic acids is 1. The number of carbonyl (C=O) groups is 2. The van der Waals surface area contributed by atoms with Crippen LogP contribution in [0.3, 0.4) is 0 Å². The molecule has 1 aliphatic heterocycles. The Morgan fingerprint density at radius 2 is 2.28 bits per heavy atom. The van der Waals surface area contributed by atoms with Gasteiger partial charge in [-0.25, -0.2) is 9.59 Å². The first kappa shape index (κ1) is 13.8. The molecule has 1 heterocycles. The van der Waals surface area contributed by atoms with Crippen molar-refractivity contribution in [1.82, 2.24) is 5.01 Å². The van der Waals surface area contributed by atoms with Gasteiger partial charge in [0.15, 0.2) is 6.04 Å². The van der Waals surface area contributed by atoms with Crippen LogP contribution in [0.15, 0.2) is 5.28 Å². The quantitative estimate of drug-likeness (QED) is 0.243. The second kappa shape index (κ2) is 5.89. The van der Waals surface area contributed by atoms with Crippen molar-refractivity contribution in [1.29, 1.82) is 0 Å². The molecular formula is C8H13N3O7. The fraction of sp³-hybridized carbons (Fsp3) is 0.750. The van der Waals surface area contributed by atoms with E-state index in [1.807, 2.05) is 0 Å². The van der Waals surface area contributed by atoms with E-state index in [1.54, 1.807) is 0 Å². The van der Waals surface area contributed by atoms with Gasteiger partial charge in [-0.3, -0.25) is 4.84 Å². The zero-order valence-electron chi connectivity index (χ0n) is 9.81. The largest absolute Gasteiger partial charge is 0.569 e. The van der Waals surface area contributed by atoms with Gasteiger partial charge in [-0.2, -0.15) is 0 Å². The lowest BCUT2D eigenvalue weighted by atomic mass is 10.1. The number of ether oxygens (including phenoxy) is 2. The molecule has 0 amide bonds. The maximum Gasteiger partial charge on any atom is 0.511 e. The Labute approximate surface area is 102 Å². The molecule has 10 nitrogen and oxygen atoms in total. The van der Waals surface area contributed by atoms with Gasteiger partial charge in [-0.1, -0.05) is 0 Å². The van der Waals surface area contributed by atoms with Gasteiger partial charge in [0.1, 0.15) is 0 Å². The van der Waals surface area contributed by atoms with Crippen LogP contribution in [0.4, 0.5) is 4.79 Å². The van der Waals surface area contributed by atoms with Gasteiger partial charge in [0.05, 0.1) is 18.6 Å². The minimum absolute atomic E-state index is 0.0133. The van der Waals surface area contributed by atoms with Gasteiger partial charge in [0.2, 0.25) is 5.28 Å². The van der Waals surface area contributed by atoms with Crippen molar-refractivity contribution in [3.05, 3.63) is 5.21 Å². The standard InChI is InChI=1S/C8H13N3O7/c1-5(17-8(14)16-2)18-9-11(15)10-4-3-6(10)7(12)13/h5-6H,3-4H2,1-2H3,(H,12,13)/b11-9-/t5?,6-/m0/s1. The van der Waals surface area contributed by atoms with Crippen molar-refractivity contribution >= 4 is 12.1 Å². The third-order valence-corrected chi connectivity index (χ3v) is 2.19. The van der Waals surface area contributed by atoms with Crippen LogP contribution in [0.25, 0.3) is 0 Å². The zero-order valence-corrected chi connectivity index (χ0v) is 9.81. The molecule has 0 bridgehead atoms. The summed E-state index contributed by atoms with van der Waals surface area (Å²) in [6.07, 6.45) is -1.75. The number of rotatable bonds is 5. The summed E-state index contributed by atoms with van der Waals surface area (Å²) in [5.41, 5.74) is 0. The van der Waals surface area contributed by atoms with Crippen molar-refractivity contribution in [2.24, 2.45) is 5.28 Å². The number of hydrazine groups is 1. The molecule has 2 atom stereocenters. The topological polar surface area (TPSA) is 124 Å². The molecule has 0 saturated carbocycles. The Balaban J connectivity index is 2.42. The fourth-order valence-corrected chi connectivity index (χ4v) is 1.19. The van der Waals surface area contributed by atoms with Crippen LogP contribution in [0.1, 0.15) is 13.3 Å². The summed E-state index contributed by atoms with van der Waals surface area (Å²) in [6, 6.07) is -0.910. The van der Waals surface area contributed by atoms with E-state index in [0.29, 0.717) is 6.42 Å². The Bertz CT molecular complexity index is 359. The molecule has 0 aliphatic carbocycles. The average molecular weight is 263 g/mol. The molecule has 0 aromatic carbocycles. The van der Waals surface area contributed by atoms with Crippen molar-refractivity contribution in [3.63, 3.8) is 0 Å². The van der Waals surface area contributed by atoms with E-state index in [-0.39, 0.29) is 11.5 Å². The Hall–Kier alpha value is -2.26. The summed E-state index contributed by atoms with van der Waals surface area (Å²) in [4.78, 5) is 25.9. The number of carboxylic acids is 1. The molecule has 102 valence electrons.